The normalized spacial score (nSPS) is 10.8. The third-order valence-corrected chi connectivity index (χ3v) is 3.52. The number of aromatic nitrogens is 2. The Morgan fingerprint density at radius 3 is 2.53 bits per heavy atom. The molecule has 0 fully saturated rings. The summed E-state index contributed by atoms with van der Waals surface area (Å²) in [5.41, 5.74) is 2.81. The Hall–Kier alpha value is -2.14. The molecule has 3 rings (SSSR count). The molecule has 0 radical (unpaired) electrons. The molecular weight excluding hydrogens is 308 g/mol. The number of carboxylic acids is 1. The maximum atomic E-state index is 10.8. The number of aromatic carboxylic acids is 1. The van der Waals surface area contributed by atoms with Gasteiger partial charge in [0, 0.05) is 11.8 Å². The van der Waals surface area contributed by atoms with Crippen molar-refractivity contribution in [1.82, 2.24) is 9.38 Å². The number of carboxylic acid groups (broad SMARTS) is 1. The third-order valence-electron chi connectivity index (χ3n) is 2.87. The van der Waals surface area contributed by atoms with Gasteiger partial charge in [0.15, 0.2) is 0 Å². The van der Waals surface area contributed by atoms with Crippen LogP contribution in [0, 0.1) is 0 Å². The number of hydrogen-bond acceptors (Lipinski definition) is 2. The third kappa shape index (κ3) is 2.13. The van der Waals surface area contributed by atoms with Gasteiger partial charge in [0.05, 0.1) is 15.9 Å². The Morgan fingerprint density at radius 2 is 1.89 bits per heavy atom. The Bertz CT molecular complexity index is 763. The Labute approximate surface area is 117 Å². The molecule has 4 nitrogen and oxygen atoms in total. The molecule has 0 aliphatic rings. The Morgan fingerprint density at radius 1 is 1.16 bits per heavy atom. The van der Waals surface area contributed by atoms with E-state index in [1.165, 1.54) is 0 Å². The molecule has 0 aliphatic heterocycles. The van der Waals surface area contributed by atoms with Crippen LogP contribution < -0.4 is 0 Å². The standard InChI is InChI=1S/C14H9BrN2O2/c15-12-2-1-3-13-16-11(8-17(12)13)9-4-6-10(7-5-9)14(18)19/h1-8H,(H,18,19). The fourth-order valence-corrected chi connectivity index (χ4v) is 2.34. The van der Waals surface area contributed by atoms with E-state index in [4.69, 9.17) is 5.11 Å². The fraction of sp³-hybridized carbons (Fsp3) is 0. The second-order valence-corrected chi connectivity index (χ2v) is 4.90. The van der Waals surface area contributed by atoms with Gasteiger partial charge in [-0.2, -0.15) is 0 Å². The first-order valence-electron chi connectivity index (χ1n) is 5.62. The number of imidazole rings is 1. The number of rotatable bonds is 2. The van der Waals surface area contributed by atoms with E-state index in [1.807, 2.05) is 28.8 Å². The highest BCUT2D eigenvalue weighted by molar-refractivity contribution is 9.10. The highest BCUT2D eigenvalue weighted by atomic mass is 79.9. The lowest BCUT2D eigenvalue weighted by molar-refractivity contribution is 0.0697. The smallest absolute Gasteiger partial charge is 0.335 e. The summed E-state index contributed by atoms with van der Waals surface area (Å²) in [6.45, 7) is 0. The van der Waals surface area contributed by atoms with E-state index in [1.54, 1.807) is 24.3 Å². The average molecular weight is 317 g/mol. The Kier molecular flexibility index (Phi) is 2.83. The molecule has 0 aliphatic carbocycles. The van der Waals surface area contributed by atoms with Crippen molar-refractivity contribution >= 4 is 27.5 Å². The van der Waals surface area contributed by atoms with Gasteiger partial charge in [-0.15, -0.1) is 0 Å². The van der Waals surface area contributed by atoms with E-state index in [2.05, 4.69) is 20.9 Å². The van der Waals surface area contributed by atoms with E-state index in [0.29, 0.717) is 0 Å². The molecule has 0 spiro atoms. The number of fused-ring (bicyclic) bond motifs is 1. The first-order valence-corrected chi connectivity index (χ1v) is 6.42. The SMILES string of the molecule is O=C(O)c1ccc(-c2cn3c(Br)cccc3n2)cc1. The molecule has 2 aromatic heterocycles. The lowest BCUT2D eigenvalue weighted by Gasteiger charge is -1.97. The largest absolute Gasteiger partial charge is 0.478 e. The number of halogens is 1. The molecule has 94 valence electrons. The summed E-state index contributed by atoms with van der Waals surface area (Å²) in [5.74, 6) is -0.927. The van der Waals surface area contributed by atoms with Crippen LogP contribution in [0.3, 0.4) is 0 Å². The van der Waals surface area contributed by atoms with Gasteiger partial charge in [0.25, 0.3) is 0 Å². The van der Waals surface area contributed by atoms with E-state index in [9.17, 15) is 4.79 Å². The van der Waals surface area contributed by atoms with E-state index in [0.717, 1.165) is 21.5 Å². The number of pyridine rings is 1. The highest BCUT2D eigenvalue weighted by Crippen LogP contribution is 2.22. The second-order valence-electron chi connectivity index (χ2n) is 4.09. The fourth-order valence-electron chi connectivity index (χ4n) is 1.90. The van der Waals surface area contributed by atoms with Crippen LogP contribution in [0.25, 0.3) is 16.9 Å². The van der Waals surface area contributed by atoms with Crippen molar-refractivity contribution in [2.24, 2.45) is 0 Å². The average Bonchev–Trinajstić information content (AvgIpc) is 2.84. The summed E-state index contributed by atoms with van der Waals surface area (Å²) in [4.78, 5) is 15.3. The highest BCUT2D eigenvalue weighted by Gasteiger charge is 2.07. The molecular formula is C14H9BrN2O2. The van der Waals surface area contributed by atoms with Gasteiger partial charge in [-0.1, -0.05) is 18.2 Å². The minimum atomic E-state index is -0.927. The maximum Gasteiger partial charge on any atom is 0.335 e. The molecule has 1 N–H and O–H groups in total. The van der Waals surface area contributed by atoms with Crippen LogP contribution in [0.5, 0.6) is 0 Å². The predicted molar refractivity (Wildman–Crippen MR) is 75.3 cm³/mol. The molecule has 0 bridgehead atoms. The molecule has 19 heavy (non-hydrogen) atoms. The summed E-state index contributed by atoms with van der Waals surface area (Å²) in [7, 11) is 0. The Balaban J connectivity index is 2.09. The van der Waals surface area contributed by atoms with Crippen molar-refractivity contribution in [3.05, 3.63) is 58.8 Å². The minimum Gasteiger partial charge on any atom is -0.478 e. The van der Waals surface area contributed by atoms with Gasteiger partial charge >= 0.3 is 5.97 Å². The van der Waals surface area contributed by atoms with Crippen LogP contribution in [0.15, 0.2) is 53.3 Å². The van der Waals surface area contributed by atoms with E-state index in [-0.39, 0.29) is 5.56 Å². The molecule has 0 atom stereocenters. The minimum absolute atomic E-state index is 0.272. The number of hydrogen-bond donors (Lipinski definition) is 1. The van der Waals surface area contributed by atoms with Crippen LogP contribution in [0.4, 0.5) is 0 Å². The quantitative estimate of drug-likeness (QED) is 0.737. The van der Waals surface area contributed by atoms with Crippen LogP contribution in [-0.4, -0.2) is 20.5 Å². The lowest BCUT2D eigenvalue weighted by Crippen LogP contribution is -1.94. The number of carbonyl (C=O) groups is 1. The molecule has 3 aromatic rings. The van der Waals surface area contributed by atoms with Gasteiger partial charge < -0.3 is 5.11 Å². The molecule has 0 unspecified atom stereocenters. The molecule has 0 saturated heterocycles. The van der Waals surface area contributed by atoms with Crippen molar-refractivity contribution in [1.29, 1.82) is 0 Å². The summed E-state index contributed by atoms with van der Waals surface area (Å²) >= 11 is 3.46. The van der Waals surface area contributed by atoms with Crippen molar-refractivity contribution in [3.63, 3.8) is 0 Å². The van der Waals surface area contributed by atoms with Gasteiger partial charge in [0.1, 0.15) is 5.65 Å². The molecule has 2 heterocycles. The zero-order chi connectivity index (χ0) is 13.4. The topological polar surface area (TPSA) is 54.6 Å². The molecule has 1 aromatic carbocycles. The van der Waals surface area contributed by atoms with Crippen molar-refractivity contribution in [2.75, 3.05) is 0 Å². The van der Waals surface area contributed by atoms with Crippen LogP contribution in [0.2, 0.25) is 0 Å². The van der Waals surface area contributed by atoms with Gasteiger partial charge in [-0.3, -0.25) is 4.40 Å². The summed E-state index contributed by atoms with van der Waals surface area (Å²) in [6.07, 6.45) is 1.91. The number of benzene rings is 1. The van der Waals surface area contributed by atoms with Crippen molar-refractivity contribution in [2.45, 2.75) is 0 Å². The van der Waals surface area contributed by atoms with Gasteiger partial charge in [-0.25, -0.2) is 9.78 Å². The monoisotopic (exact) mass is 316 g/mol. The van der Waals surface area contributed by atoms with Gasteiger partial charge in [0.2, 0.25) is 0 Å². The predicted octanol–water partition coefficient (Wildman–Crippen LogP) is 3.46. The first kappa shape index (κ1) is 11.9. The molecule has 5 heteroatoms. The summed E-state index contributed by atoms with van der Waals surface area (Å²) in [6, 6.07) is 12.5. The molecule has 0 amide bonds. The zero-order valence-corrected chi connectivity index (χ0v) is 11.3. The zero-order valence-electron chi connectivity index (χ0n) is 9.75. The first-order chi connectivity index (χ1) is 9.15. The second kappa shape index (κ2) is 4.51. The van der Waals surface area contributed by atoms with E-state index >= 15 is 0 Å². The molecule has 0 saturated carbocycles. The van der Waals surface area contributed by atoms with Crippen LogP contribution >= 0.6 is 15.9 Å². The number of nitrogens with zero attached hydrogens (tertiary/aromatic N) is 2. The summed E-state index contributed by atoms with van der Waals surface area (Å²) < 4.78 is 2.85. The van der Waals surface area contributed by atoms with Crippen molar-refractivity contribution in [3.8, 4) is 11.3 Å². The van der Waals surface area contributed by atoms with Gasteiger partial charge in [-0.05, 0) is 40.2 Å². The van der Waals surface area contributed by atoms with Crippen molar-refractivity contribution < 1.29 is 9.90 Å². The van der Waals surface area contributed by atoms with Crippen LogP contribution in [0.1, 0.15) is 10.4 Å². The lowest BCUT2D eigenvalue weighted by atomic mass is 10.1. The van der Waals surface area contributed by atoms with Crippen LogP contribution in [-0.2, 0) is 0 Å². The summed E-state index contributed by atoms with van der Waals surface area (Å²) in [5, 5.41) is 8.87. The maximum absolute atomic E-state index is 10.8. The van der Waals surface area contributed by atoms with E-state index < -0.39 is 5.97 Å².